The minimum atomic E-state index is -0.180. The third-order valence-electron chi connectivity index (χ3n) is 4.69. The number of aromatic nitrogens is 2. The topological polar surface area (TPSA) is 77.4 Å². The minimum absolute atomic E-state index is 0. The number of nitrogens with one attached hydrogen (secondary N) is 2. The predicted octanol–water partition coefficient (Wildman–Crippen LogP) is 2.49. The molecule has 1 fully saturated rings. The molecule has 2 aromatic rings. The van der Waals surface area contributed by atoms with Crippen molar-refractivity contribution in [3.05, 3.63) is 47.3 Å². The lowest BCUT2D eigenvalue weighted by Crippen LogP contribution is -2.32. The zero-order valence-corrected chi connectivity index (χ0v) is 17.3. The highest BCUT2D eigenvalue weighted by atomic mass is 35.5. The maximum absolute atomic E-state index is 12.5. The van der Waals surface area contributed by atoms with Crippen molar-refractivity contribution < 1.29 is 14.3 Å². The Morgan fingerprint density at radius 3 is 2.96 bits per heavy atom. The number of amides is 1. The summed E-state index contributed by atoms with van der Waals surface area (Å²) in [6.07, 6.45) is 4.10. The maximum Gasteiger partial charge on any atom is 0.272 e. The SMILES string of the molecule is COCCOc1cc(C)ccc1CNC(=O)c1ccn(C2CCCNC2)n1.Cl. The van der Waals surface area contributed by atoms with Gasteiger partial charge in [-0.3, -0.25) is 9.48 Å². The van der Waals surface area contributed by atoms with Gasteiger partial charge in [0.05, 0.1) is 12.6 Å². The molecule has 0 saturated carbocycles. The summed E-state index contributed by atoms with van der Waals surface area (Å²) in [4.78, 5) is 12.5. The number of nitrogens with zero attached hydrogens (tertiary/aromatic N) is 2. The van der Waals surface area contributed by atoms with Gasteiger partial charge in [0.25, 0.3) is 5.91 Å². The summed E-state index contributed by atoms with van der Waals surface area (Å²) in [6, 6.07) is 8.05. The summed E-state index contributed by atoms with van der Waals surface area (Å²) in [5.74, 6) is 0.590. The van der Waals surface area contributed by atoms with Crippen molar-refractivity contribution in [1.29, 1.82) is 0 Å². The molecule has 28 heavy (non-hydrogen) atoms. The Bertz CT molecular complexity index is 760. The number of methoxy groups -OCH3 is 1. The Labute approximate surface area is 172 Å². The number of hydrogen-bond donors (Lipinski definition) is 2. The number of hydrogen-bond acceptors (Lipinski definition) is 5. The zero-order chi connectivity index (χ0) is 19.1. The van der Waals surface area contributed by atoms with Crippen LogP contribution in [0.5, 0.6) is 5.75 Å². The Hall–Kier alpha value is -2.09. The first-order valence-corrected chi connectivity index (χ1v) is 9.42. The third kappa shape index (κ3) is 5.95. The zero-order valence-electron chi connectivity index (χ0n) is 16.4. The first-order chi connectivity index (χ1) is 13.2. The van der Waals surface area contributed by atoms with Gasteiger partial charge in [0, 0.05) is 32.0 Å². The summed E-state index contributed by atoms with van der Waals surface area (Å²) >= 11 is 0. The van der Waals surface area contributed by atoms with Crippen molar-refractivity contribution in [1.82, 2.24) is 20.4 Å². The van der Waals surface area contributed by atoms with E-state index in [1.54, 1.807) is 13.2 Å². The van der Waals surface area contributed by atoms with E-state index >= 15 is 0 Å². The molecule has 1 aliphatic heterocycles. The van der Waals surface area contributed by atoms with Crippen LogP contribution >= 0.6 is 12.4 Å². The van der Waals surface area contributed by atoms with Crippen molar-refractivity contribution in [3.8, 4) is 5.75 Å². The highest BCUT2D eigenvalue weighted by molar-refractivity contribution is 5.92. The summed E-state index contributed by atoms with van der Waals surface area (Å²) in [5.41, 5.74) is 2.48. The molecule has 3 rings (SSSR count). The van der Waals surface area contributed by atoms with Gasteiger partial charge in [-0.05, 0) is 44.0 Å². The number of rotatable bonds is 8. The Morgan fingerprint density at radius 1 is 1.36 bits per heavy atom. The number of piperidine rings is 1. The predicted molar refractivity (Wildman–Crippen MR) is 110 cm³/mol. The van der Waals surface area contributed by atoms with E-state index in [0.717, 1.165) is 42.8 Å². The van der Waals surface area contributed by atoms with Gasteiger partial charge in [-0.15, -0.1) is 12.4 Å². The molecule has 1 unspecified atom stereocenters. The van der Waals surface area contributed by atoms with Crippen LogP contribution in [0.3, 0.4) is 0 Å². The van der Waals surface area contributed by atoms with Gasteiger partial charge in [0.15, 0.2) is 0 Å². The van der Waals surface area contributed by atoms with Gasteiger partial charge < -0.3 is 20.1 Å². The number of carbonyl (C=O) groups is 1. The number of halogens is 1. The van der Waals surface area contributed by atoms with E-state index in [1.807, 2.05) is 36.0 Å². The van der Waals surface area contributed by atoms with Gasteiger partial charge >= 0.3 is 0 Å². The van der Waals surface area contributed by atoms with Crippen LogP contribution in [0.15, 0.2) is 30.5 Å². The van der Waals surface area contributed by atoms with Crippen LogP contribution in [-0.2, 0) is 11.3 Å². The van der Waals surface area contributed by atoms with E-state index in [0.29, 0.717) is 31.5 Å². The van der Waals surface area contributed by atoms with E-state index in [-0.39, 0.29) is 18.3 Å². The van der Waals surface area contributed by atoms with Gasteiger partial charge in [-0.2, -0.15) is 5.10 Å². The van der Waals surface area contributed by atoms with E-state index < -0.39 is 0 Å². The highest BCUT2D eigenvalue weighted by Gasteiger charge is 2.18. The van der Waals surface area contributed by atoms with Crippen LogP contribution in [0.2, 0.25) is 0 Å². The Morgan fingerprint density at radius 2 is 2.21 bits per heavy atom. The highest BCUT2D eigenvalue weighted by Crippen LogP contribution is 2.20. The second-order valence-corrected chi connectivity index (χ2v) is 6.82. The van der Waals surface area contributed by atoms with Gasteiger partial charge in [-0.1, -0.05) is 12.1 Å². The standard InChI is InChI=1S/C20H28N4O3.ClH/c1-15-5-6-16(19(12-15)27-11-10-26-2)13-22-20(25)18-7-9-24(23-18)17-4-3-8-21-14-17;/h5-7,9,12,17,21H,3-4,8,10-11,13-14H2,1-2H3,(H,22,25);1H. The fraction of sp³-hybridized carbons (Fsp3) is 0.500. The van der Waals surface area contributed by atoms with E-state index in [9.17, 15) is 4.79 Å². The molecule has 154 valence electrons. The van der Waals surface area contributed by atoms with Crippen LogP contribution in [-0.4, -0.2) is 49.1 Å². The van der Waals surface area contributed by atoms with Crippen LogP contribution in [0.4, 0.5) is 0 Å². The lowest BCUT2D eigenvalue weighted by molar-refractivity contribution is 0.0944. The molecule has 1 amide bonds. The van der Waals surface area contributed by atoms with Gasteiger partial charge in [0.1, 0.15) is 18.1 Å². The minimum Gasteiger partial charge on any atom is -0.491 e. The van der Waals surface area contributed by atoms with E-state index in [2.05, 4.69) is 15.7 Å². The first kappa shape index (κ1) is 22.2. The van der Waals surface area contributed by atoms with Crippen molar-refractivity contribution in [2.75, 3.05) is 33.4 Å². The molecule has 0 spiro atoms. The van der Waals surface area contributed by atoms with Crippen molar-refractivity contribution >= 4 is 18.3 Å². The fourth-order valence-corrected chi connectivity index (χ4v) is 3.16. The average Bonchev–Trinajstić information content (AvgIpc) is 3.18. The quantitative estimate of drug-likeness (QED) is 0.656. The molecular weight excluding hydrogens is 380 g/mol. The van der Waals surface area contributed by atoms with Crippen LogP contribution in [0.25, 0.3) is 0 Å². The second-order valence-electron chi connectivity index (χ2n) is 6.82. The summed E-state index contributed by atoms with van der Waals surface area (Å²) < 4.78 is 12.7. The molecule has 1 aromatic carbocycles. The second kappa shape index (κ2) is 11.0. The van der Waals surface area contributed by atoms with Crippen molar-refractivity contribution in [2.45, 2.75) is 32.4 Å². The molecule has 0 bridgehead atoms. The molecule has 1 aliphatic rings. The molecule has 8 heteroatoms. The molecule has 1 aromatic heterocycles. The molecule has 7 nitrogen and oxygen atoms in total. The van der Waals surface area contributed by atoms with Crippen molar-refractivity contribution in [3.63, 3.8) is 0 Å². The van der Waals surface area contributed by atoms with E-state index in [1.165, 1.54) is 0 Å². The lowest BCUT2D eigenvalue weighted by Gasteiger charge is -2.22. The normalized spacial score (nSPS) is 16.3. The number of aryl methyl sites for hydroxylation is 1. The first-order valence-electron chi connectivity index (χ1n) is 9.42. The maximum atomic E-state index is 12.5. The third-order valence-corrected chi connectivity index (χ3v) is 4.69. The average molecular weight is 409 g/mol. The van der Waals surface area contributed by atoms with Crippen LogP contribution < -0.4 is 15.4 Å². The van der Waals surface area contributed by atoms with Crippen LogP contribution in [0.1, 0.15) is 40.5 Å². The summed E-state index contributed by atoms with van der Waals surface area (Å²) in [7, 11) is 1.64. The smallest absolute Gasteiger partial charge is 0.272 e. The number of carbonyl (C=O) groups excluding carboxylic acids is 1. The Kier molecular flexibility index (Phi) is 8.76. The molecule has 0 aliphatic carbocycles. The van der Waals surface area contributed by atoms with Gasteiger partial charge in [0.2, 0.25) is 0 Å². The monoisotopic (exact) mass is 408 g/mol. The lowest BCUT2D eigenvalue weighted by atomic mass is 10.1. The fourth-order valence-electron chi connectivity index (χ4n) is 3.16. The summed E-state index contributed by atoms with van der Waals surface area (Å²) in [6.45, 7) is 5.34. The molecule has 0 radical (unpaired) electrons. The largest absolute Gasteiger partial charge is 0.491 e. The molecule has 2 heterocycles. The molecule has 1 atom stereocenters. The number of ether oxygens (including phenoxy) is 2. The molecule has 2 N–H and O–H groups in total. The van der Waals surface area contributed by atoms with Crippen LogP contribution in [0, 0.1) is 6.92 Å². The van der Waals surface area contributed by atoms with Crippen molar-refractivity contribution in [2.24, 2.45) is 0 Å². The number of benzene rings is 1. The molecule has 1 saturated heterocycles. The van der Waals surface area contributed by atoms with E-state index in [4.69, 9.17) is 9.47 Å². The molecular formula is C20H29ClN4O3. The Balaban J connectivity index is 0.00000280. The van der Waals surface area contributed by atoms with Gasteiger partial charge in [-0.25, -0.2) is 0 Å². The summed E-state index contributed by atoms with van der Waals surface area (Å²) in [5, 5.41) is 10.8.